The van der Waals surface area contributed by atoms with Gasteiger partial charge in [-0.05, 0) is 54.7 Å². The molecule has 0 radical (unpaired) electrons. The SMILES string of the molecule is Cc1nc(/C=C2/CCc3cc(N)ccc32)cs1. The average molecular weight is 242 g/mol. The molecule has 1 aromatic heterocycles. The summed E-state index contributed by atoms with van der Waals surface area (Å²) in [7, 11) is 0. The average Bonchev–Trinajstić information content (AvgIpc) is 2.86. The number of benzene rings is 1. The lowest BCUT2D eigenvalue weighted by Gasteiger charge is -2.01. The van der Waals surface area contributed by atoms with Gasteiger partial charge in [0.2, 0.25) is 0 Å². The van der Waals surface area contributed by atoms with Crippen LogP contribution in [0.5, 0.6) is 0 Å². The smallest absolute Gasteiger partial charge is 0.0901 e. The van der Waals surface area contributed by atoms with Crippen LogP contribution in [0.3, 0.4) is 0 Å². The van der Waals surface area contributed by atoms with Crippen LogP contribution in [-0.2, 0) is 6.42 Å². The highest BCUT2D eigenvalue weighted by molar-refractivity contribution is 7.09. The van der Waals surface area contributed by atoms with E-state index in [1.54, 1.807) is 11.3 Å². The van der Waals surface area contributed by atoms with Gasteiger partial charge in [0.15, 0.2) is 0 Å². The summed E-state index contributed by atoms with van der Waals surface area (Å²) in [6.07, 6.45) is 4.39. The molecule has 2 aromatic rings. The Balaban J connectivity index is 2.01. The van der Waals surface area contributed by atoms with Crippen molar-refractivity contribution in [1.82, 2.24) is 4.98 Å². The van der Waals surface area contributed by atoms with Crippen molar-refractivity contribution >= 4 is 28.7 Å². The Hall–Kier alpha value is -1.61. The summed E-state index contributed by atoms with van der Waals surface area (Å²) in [6.45, 7) is 2.04. The summed E-state index contributed by atoms with van der Waals surface area (Å²) in [5.74, 6) is 0. The molecule has 1 aliphatic rings. The Labute approximate surface area is 105 Å². The topological polar surface area (TPSA) is 38.9 Å². The molecule has 3 heteroatoms. The number of nitrogens with zero attached hydrogens (tertiary/aromatic N) is 1. The summed E-state index contributed by atoms with van der Waals surface area (Å²) in [5, 5.41) is 3.23. The third-order valence-electron chi connectivity index (χ3n) is 3.10. The van der Waals surface area contributed by atoms with Gasteiger partial charge in [-0.2, -0.15) is 0 Å². The molecule has 86 valence electrons. The quantitative estimate of drug-likeness (QED) is 0.777. The molecule has 0 unspecified atom stereocenters. The van der Waals surface area contributed by atoms with Gasteiger partial charge in [0.1, 0.15) is 0 Å². The number of hydrogen-bond acceptors (Lipinski definition) is 3. The number of aryl methyl sites for hydroxylation is 2. The fraction of sp³-hybridized carbons (Fsp3) is 0.214. The predicted molar refractivity (Wildman–Crippen MR) is 73.9 cm³/mol. The van der Waals surface area contributed by atoms with Crippen LogP contribution in [0.4, 0.5) is 5.69 Å². The standard InChI is InChI=1S/C14H14N2S/c1-9-16-13(8-17-9)7-11-3-2-10-6-12(15)4-5-14(10)11/h4-8H,2-3,15H2,1H3/b11-7-. The second kappa shape index (κ2) is 4.00. The molecule has 0 fully saturated rings. The van der Waals surface area contributed by atoms with Crippen LogP contribution in [-0.4, -0.2) is 4.98 Å². The summed E-state index contributed by atoms with van der Waals surface area (Å²) >= 11 is 1.70. The predicted octanol–water partition coefficient (Wildman–Crippen LogP) is 3.52. The van der Waals surface area contributed by atoms with Gasteiger partial charge in [0, 0.05) is 11.1 Å². The van der Waals surface area contributed by atoms with E-state index in [0.717, 1.165) is 29.2 Å². The van der Waals surface area contributed by atoms with Gasteiger partial charge in [-0.25, -0.2) is 4.98 Å². The van der Waals surface area contributed by atoms with E-state index < -0.39 is 0 Å². The van der Waals surface area contributed by atoms with E-state index in [1.807, 2.05) is 13.0 Å². The first-order valence-electron chi connectivity index (χ1n) is 5.74. The molecule has 17 heavy (non-hydrogen) atoms. The van der Waals surface area contributed by atoms with Gasteiger partial charge in [0.05, 0.1) is 10.7 Å². The Bertz CT molecular complexity index is 596. The normalized spacial score (nSPS) is 16.4. The second-order valence-corrected chi connectivity index (χ2v) is 5.44. The maximum Gasteiger partial charge on any atom is 0.0901 e. The van der Waals surface area contributed by atoms with Crippen LogP contribution >= 0.6 is 11.3 Å². The van der Waals surface area contributed by atoms with Gasteiger partial charge in [-0.1, -0.05) is 6.07 Å². The minimum atomic E-state index is 0.856. The lowest BCUT2D eigenvalue weighted by Crippen LogP contribution is -1.87. The van der Waals surface area contributed by atoms with Gasteiger partial charge < -0.3 is 5.73 Å². The van der Waals surface area contributed by atoms with Crippen molar-refractivity contribution in [2.24, 2.45) is 0 Å². The summed E-state index contributed by atoms with van der Waals surface area (Å²) in [6, 6.07) is 6.19. The van der Waals surface area contributed by atoms with Crippen molar-refractivity contribution < 1.29 is 0 Å². The zero-order valence-electron chi connectivity index (χ0n) is 9.73. The molecule has 0 atom stereocenters. The van der Waals surface area contributed by atoms with E-state index in [-0.39, 0.29) is 0 Å². The summed E-state index contributed by atoms with van der Waals surface area (Å²) in [5.41, 5.74) is 11.8. The highest BCUT2D eigenvalue weighted by Crippen LogP contribution is 2.34. The number of aromatic nitrogens is 1. The van der Waals surface area contributed by atoms with Crippen molar-refractivity contribution in [2.45, 2.75) is 19.8 Å². The number of fused-ring (bicyclic) bond motifs is 1. The van der Waals surface area contributed by atoms with E-state index in [9.17, 15) is 0 Å². The third-order valence-corrected chi connectivity index (χ3v) is 3.89. The maximum absolute atomic E-state index is 5.80. The first kappa shape index (κ1) is 10.5. The molecule has 0 amide bonds. The maximum atomic E-state index is 5.80. The molecule has 2 nitrogen and oxygen atoms in total. The molecule has 2 N–H and O–H groups in total. The Morgan fingerprint density at radius 3 is 3.00 bits per heavy atom. The van der Waals surface area contributed by atoms with Crippen LogP contribution in [0.15, 0.2) is 23.6 Å². The molecule has 0 saturated carbocycles. The monoisotopic (exact) mass is 242 g/mol. The molecule has 0 aliphatic heterocycles. The summed E-state index contributed by atoms with van der Waals surface area (Å²) < 4.78 is 0. The van der Waals surface area contributed by atoms with Gasteiger partial charge in [-0.3, -0.25) is 0 Å². The van der Waals surface area contributed by atoms with Gasteiger partial charge in [0.25, 0.3) is 0 Å². The van der Waals surface area contributed by atoms with E-state index in [0.29, 0.717) is 0 Å². The van der Waals surface area contributed by atoms with Gasteiger partial charge >= 0.3 is 0 Å². The van der Waals surface area contributed by atoms with Crippen LogP contribution in [0.25, 0.3) is 11.6 Å². The largest absolute Gasteiger partial charge is 0.399 e. The zero-order valence-corrected chi connectivity index (χ0v) is 10.6. The molecule has 3 rings (SSSR count). The fourth-order valence-corrected chi connectivity index (χ4v) is 2.88. The molecular weight excluding hydrogens is 228 g/mol. The Morgan fingerprint density at radius 2 is 2.24 bits per heavy atom. The zero-order chi connectivity index (χ0) is 11.8. The number of hydrogen-bond donors (Lipinski definition) is 1. The van der Waals surface area contributed by atoms with E-state index >= 15 is 0 Å². The highest BCUT2D eigenvalue weighted by Gasteiger charge is 2.16. The van der Waals surface area contributed by atoms with Crippen LogP contribution in [0, 0.1) is 6.92 Å². The minimum absolute atomic E-state index is 0.856. The van der Waals surface area contributed by atoms with Crippen LogP contribution in [0.2, 0.25) is 0 Å². The fourth-order valence-electron chi connectivity index (χ4n) is 2.31. The molecule has 1 aliphatic carbocycles. The third kappa shape index (κ3) is 1.98. The number of nitrogen functional groups attached to an aromatic ring is 1. The van der Waals surface area contributed by atoms with E-state index in [4.69, 9.17) is 5.73 Å². The van der Waals surface area contributed by atoms with Crippen molar-refractivity contribution in [1.29, 1.82) is 0 Å². The number of nitrogens with two attached hydrogens (primary N) is 1. The van der Waals surface area contributed by atoms with Crippen molar-refractivity contribution in [3.8, 4) is 0 Å². The second-order valence-electron chi connectivity index (χ2n) is 4.38. The van der Waals surface area contributed by atoms with Crippen molar-refractivity contribution in [2.75, 3.05) is 5.73 Å². The lowest BCUT2D eigenvalue weighted by molar-refractivity contribution is 1.08. The number of anilines is 1. The highest BCUT2D eigenvalue weighted by atomic mass is 32.1. The Kier molecular flexibility index (Phi) is 2.48. The first-order valence-corrected chi connectivity index (χ1v) is 6.62. The number of allylic oxidation sites excluding steroid dienone is 1. The van der Waals surface area contributed by atoms with Crippen LogP contribution < -0.4 is 5.73 Å². The summed E-state index contributed by atoms with van der Waals surface area (Å²) in [4.78, 5) is 4.48. The molecule has 1 heterocycles. The Morgan fingerprint density at radius 1 is 1.35 bits per heavy atom. The number of thiazole rings is 1. The van der Waals surface area contributed by atoms with Gasteiger partial charge in [-0.15, -0.1) is 11.3 Å². The van der Waals surface area contributed by atoms with E-state index in [1.165, 1.54) is 16.7 Å². The lowest BCUT2D eigenvalue weighted by atomic mass is 10.1. The van der Waals surface area contributed by atoms with Crippen molar-refractivity contribution in [3.05, 3.63) is 45.4 Å². The molecule has 0 spiro atoms. The molecule has 0 bridgehead atoms. The molecule has 1 aromatic carbocycles. The number of rotatable bonds is 1. The minimum Gasteiger partial charge on any atom is -0.399 e. The van der Waals surface area contributed by atoms with Crippen LogP contribution in [0.1, 0.15) is 28.2 Å². The molecule has 0 saturated heterocycles. The molecular formula is C14H14N2S. The first-order chi connectivity index (χ1) is 8.22. The van der Waals surface area contributed by atoms with E-state index in [2.05, 4.69) is 28.6 Å². The van der Waals surface area contributed by atoms with Crippen molar-refractivity contribution in [3.63, 3.8) is 0 Å².